The van der Waals surface area contributed by atoms with Crippen molar-refractivity contribution in [3.05, 3.63) is 94.5 Å². The fourth-order valence-corrected chi connectivity index (χ4v) is 3.97. The summed E-state index contributed by atoms with van der Waals surface area (Å²) in [6.07, 6.45) is -1.57. The molecule has 1 fully saturated rings. The summed E-state index contributed by atoms with van der Waals surface area (Å²) in [5.74, 6) is 1.30. The van der Waals surface area contributed by atoms with Crippen molar-refractivity contribution in [2.24, 2.45) is 0 Å². The number of aliphatic hydroxyl groups is 1. The number of hydrogen-bond acceptors (Lipinski definition) is 5. The molecule has 2 atom stereocenters. The zero-order chi connectivity index (χ0) is 22.0. The summed E-state index contributed by atoms with van der Waals surface area (Å²) in [7, 11) is 3.14. The summed E-state index contributed by atoms with van der Waals surface area (Å²) >= 11 is 6.12. The SMILES string of the molecule is COc1ccc([C@@H]2OC(=O)N(Cc3cccc(Cl)c3)[C@@]2(O)c2ccc(OC)cc2)cc1. The Bertz CT molecular complexity index is 1070. The van der Waals surface area contributed by atoms with Crippen LogP contribution in [0.1, 0.15) is 22.8 Å². The molecule has 31 heavy (non-hydrogen) atoms. The predicted octanol–water partition coefficient (Wildman–Crippen LogP) is 4.90. The molecule has 7 heteroatoms. The molecule has 1 aliphatic heterocycles. The normalized spacial score (nSPS) is 20.5. The van der Waals surface area contributed by atoms with Crippen LogP contribution in [-0.4, -0.2) is 30.3 Å². The minimum absolute atomic E-state index is 0.120. The lowest BCUT2D eigenvalue weighted by atomic mass is 9.91. The smallest absolute Gasteiger partial charge is 0.413 e. The standard InChI is InChI=1S/C24H22ClNO5/c1-29-20-10-6-17(7-11-20)22-24(28,18-8-12-21(30-2)13-9-18)26(23(27)31-22)15-16-4-3-5-19(25)14-16/h3-14,22,28H,15H2,1-2H3/t22-,24+/m0/s1. The van der Waals surface area contributed by atoms with Gasteiger partial charge in [-0.3, -0.25) is 4.90 Å². The minimum atomic E-state index is -1.75. The number of ether oxygens (including phenoxy) is 3. The van der Waals surface area contributed by atoms with E-state index in [1.807, 2.05) is 6.07 Å². The van der Waals surface area contributed by atoms with Gasteiger partial charge in [0, 0.05) is 10.6 Å². The summed E-state index contributed by atoms with van der Waals surface area (Å²) in [4.78, 5) is 14.3. The van der Waals surface area contributed by atoms with Crippen LogP contribution in [0.25, 0.3) is 0 Å². The molecule has 0 saturated carbocycles. The quantitative estimate of drug-likeness (QED) is 0.592. The molecule has 1 N–H and O–H groups in total. The largest absolute Gasteiger partial charge is 0.497 e. The molecule has 1 heterocycles. The molecule has 0 radical (unpaired) electrons. The van der Waals surface area contributed by atoms with E-state index in [0.29, 0.717) is 27.6 Å². The fourth-order valence-electron chi connectivity index (χ4n) is 3.75. The molecule has 6 nitrogen and oxygen atoms in total. The Kier molecular flexibility index (Phi) is 5.76. The number of amides is 1. The maximum absolute atomic E-state index is 12.9. The highest BCUT2D eigenvalue weighted by atomic mass is 35.5. The summed E-state index contributed by atoms with van der Waals surface area (Å²) in [6.45, 7) is 0.120. The maximum Gasteiger partial charge on any atom is 0.413 e. The Morgan fingerprint density at radius 3 is 2.19 bits per heavy atom. The van der Waals surface area contributed by atoms with Gasteiger partial charge < -0.3 is 19.3 Å². The molecule has 0 aromatic heterocycles. The first-order valence-electron chi connectivity index (χ1n) is 9.69. The van der Waals surface area contributed by atoms with Gasteiger partial charge in [0.1, 0.15) is 11.5 Å². The van der Waals surface area contributed by atoms with Gasteiger partial charge >= 0.3 is 6.09 Å². The van der Waals surface area contributed by atoms with E-state index in [9.17, 15) is 9.90 Å². The molecular weight excluding hydrogens is 418 g/mol. The van der Waals surface area contributed by atoms with Crippen LogP contribution in [0.4, 0.5) is 4.79 Å². The second kappa shape index (κ2) is 8.49. The van der Waals surface area contributed by atoms with Crippen LogP contribution in [0.15, 0.2) is 72.8 Å². The molecule has 4 rings (SSSR count). The topological polar surface area (TPSA) is 68.2 Å². The van der Waals surface area contributed by atoms with Gasteiger partial charge in [0.25, 0.3) is 0 Å². The van der Waals surface area contributed by atoms with E-state index in [2.05, 4.69) is 0 Å². The molecule has 3 aromatic carbocycles. The molecule has 0 bridgehead atoms. The van der Waals surface area contributed by atoms with Crippen molar-refractivity contribution in [1.82, 2.24) is 4.90 Å². The van der Waals surface area contributed by atoms with Crippen molar-refractivity contribution >= 4 is 17.7 Å². The Hall–Kier alpha value is -3.22. The highest BCUT2D eigenvalue weighted by Gasteiger charge is 2.56. The third-order valence-corrected chi connectivity index (χ3v) is 5.61. The Labute approximate surface area is 185 Å². The number of benzene rings is 3. The highest BCUT2D eigenvalue weighted by Crippen LogP contribution is 2.47. The van der Waals surface area contributed by atoms with Gasteiger partial charge in [0.15, 0.2) is 6.10 Å². The number of halogens is 1. The number of cyclic esters (lactones) is 1. The fraction of sp³-hybridized carbons (Fsp3) is 0.208. The van der Waals surface area contributed by atoms with Gasteiger partial charge in [-0.1, -0.05) is 48.0 Å². The first kappa shape index (κ1) is 21.0. The van der Waals surface area contributed by atoms with E-state index >= 15 is 0 Å². The number of rotatable bonds is 6. The molecule has 1 saturated heterocycles. The maximum atomic E-state index is 12.9. The summed E-state index contributed by atoms with van der Waals surface area (Å²) in [6, 6.07) is 21.1. The lowest BCUT2D eigenvalue weighted by molar-refractivity contribution is -0.113. The first-order chi connectivity index (χ1) is 15.0. The van der Waals surface area contributed by atoms with Crippen LogP contribution in [0.3, 0.4) is 0 Å². The predicted molar refractivity (Wildman–Crippen MR) is 116 cm³/mol. The van der Waals surface area contributed by atoms with Crippen LogP contribution in [-0.2, 0) is 17.0 Å². The number of hydrogen-bond donors (Lipinski definition) is 1. The molecule has 0 unspecified atom stereocenters. The lowest BCUT2D eigenvalue weighted by Crippen LogP contribution is -2.45. The molecule has 0 aliphatic carbocycles. The number of carbonyl (C=O) groups is 1. The summed E-state index contributed by atoms with van der Waals surface area (Å²) in [5.41, 5.74) is 0.162. The second-order valence-electron chi connectivity index (χ2n) is 7.21. The van der Waals surface area contributed by atoms with E-state index in [1.165, 1.54) is 4.90 Å². The van der Waals surface area contributed by atoms with E-state index < -0.39 is 17.9 Å². The van der Waals surface area contributed by atoms with E-state index in [0.717, 1.165) is 5.56 Å². The van der Waals surface area contributed by atoms with Crippen molar-refractivity contribution in [3.63, 3.8) is 0 Å². The number of methoxy groups -OCH3 is 2. The van der Waals surface area contributed by atoms with Crippen LogP contribution < -0.4 is 9.47 Å². The third-order valence-electron chi connectivity index (χ3n) is 5.38. The number of carbonyl (C=O) groups excluding carboxylic acids is 1. The second-order valence-corrected chi connectivity index (χ2v) is 7.64. The molecule has 3 aromatic rings. The Morgan fingerprint density at radius 2 is 1.61 bits per heavy atom. The van der Waals surface area contributed by atoms with Gasteiger partial charge in [-0.25, -0.2) is 4.79 Å². The molecule has 160 valence electrons. The van der Waals surface area contributed by atoms with E-state index in [-0.39, 0.29) is 6.54 Å². The van der Waals surface area contributed by atoms with Crippen molar-refractivity contribution < 1.29 is 24.1 Å². The van der Waals surface area contributed by atoms with Crippen LogP contribution in [0.2, 0.25) is 5.02 Å². The third kappa shape index (κ3) is 3.92. The van der Waals surface area contributed by atoms with Gasteiger partial charge in [-0.2, -0.15) is 0 Å². The zero-order valence-electron chi connectivity index (χ0n) is 17.1. The van der Waals surface area contributed by atoms with Gasteiger partial charge in [-0.15, -0.1) is 0 Å². The molecule has 0 spiro atoms. The van der Waals surface area contributed by atoms with E-state index in [1.54, 1.807) is 80.9 Å². The molecule has 1 amide bonds. The average Bonchev–Trinajstić information content (AvgIpc) is 3.05. The van der Waals surface area contributed by atoms with Crippen molar-refractivity contribution in [2.75, 3.05) is 14.2 Å². The van der Waals surface area contributed by atoms with Gasteiger partial charge in [0.05, 0.1) is 20.8 Å². The number of nitrogens with zero attached hydrogens (tertiary/aromatic N) is 1. The van der Waals surface area contributed by atoms with Gasteiger partial charge in [0.2, 0.25) is 5.72 Å². The first-order valence-corrected chi connectivity index (χ1v) is 10.1. The Morgan fingerprint density at radius 1 is 1.00 bits per heavy atom. The monoisotopic (exact) mass is 439 g/mol. The zero-order valence-corrected chi connectivity index (χ0v) is 17.9. The van der Waals surface area contributed by atoms with Crippen molar-refractivity contribution in [2.45, 2.75) is 18.4 Å². The van der Waals surface area contributed by atoms with Crippen molar-refractivity contribution in [1.29, 1.82) is 0 Å². The van der Waals surface area contributed by atoms with Gasteiger partial charge in [-0.05, 0) is 47.5 Å². The molecule has 1 aliphatic rings. The van der Waals surface area contributed by atoms with Crippen molar-refractivity contribution in [3.8, 4) is 11.5 Å². The van der Waals surface area contributed by atoms with Crippen LogP contribution in [0.5, 0.6) is 11.5 Å². The summed E-state index contributed by atoms with van der Waals surface area (Å²) < 4.78 is 16.2. The summed E-state index contributed by atoms with van der Waals surface area (Å²) in [5, 5.41) is 12.5. The minimum Gasteiger partial charge on any atom is -0.497 e. The average molecular weight is 440 g/mol. The highest BCUT2D eigenvalue weighted by molar-refractivity contribution is 6.30. The lowest BCUT2D eigenvalue weighted by Gasteiger charge is -2.35. The van der Waals surface area contributed by atoms with Crippen LogP contribution >= 0.6 is 11.6 Å². The van der Waals surface area contributed by atoms with E-state index in [4.69, 9.17) is 25.8 Å². The Balaban J connectivity index is 1.79. The van der Waals surface area contributed by atoms with Crippen LogP contribution in [0, 0.1) is 0 Å². The molecular formula is C24H22ClNO5.